The lowest BCUT2D eigenvalue weighted by molar-refractivity contribution is 0.422. The Morgan fingerprint density at radius 1 is 1.06 bits per heavy atom. The highest BCUT2D eigenvalue weighted by Gasteiger charge is 2.05. The van der Waals surface area contributed by atoms with Crippen molar-refractivity contribution in [2.24, 2.45) is 5.92 Å². The molecule has 0 aromatic heterocycles. The largest absolute Gasteiger partial charge is 0.399 e. The van der Waals surface area contributed by atoms with E-state index in [1.165, 1.54) is 44.1 Å². The second kappa shape index (κ2) is 7.32. The molecule has 0 bridgehead atoms. The van der Waals surface area contributed by atoms with Crippen LogP contribution in [0.1, 0.15) is 51.5 Å². The highest BCUT2D eigenvalue weighted by atomic mass is 14.5. The van der Waals surface area contributed by atoms with Crippen molar-refractivity contribution >= 4 is 5.69 Å². The Balaban J connectivity index is 2.34. The van der Waals surface area contributed by atoms with Gasteiger partial charge in [-0.1, -0.05) is 51.7 Å². The van der Waals surface area contributed by atoms with E-state index in [1.54, 1.807) is 0 Å². The summed E-state index contributed by atoms with van der Waals surface area (Å²) in [7, 11) is 0. The molecular formula is C15H25N. The molecule has 0 saturated carbocycles. The molecule has 0 saturated heterocycles. The Labute approximate surface area is 100 Å². The zero-order valence-corrected chi connectivity index (χ0v) is 10.7. The zero-order valence-electron chi connectivity index (χ0n) is 10.7. The number of hydrogen-bond acceptors (Lipinski definition) is 1. The number of benzene rings is 1. The van der Waals surface area contributed by atoms with Gasteiger partial charge in [-0.25, -0.2) is 0 Å². The number of aryl methyl sites for hydroxylation is 1. The van der Waals surface area contributed by atoms with E-state index in [1.807, 2.05) is 12.1 Å². The Bertz CT molecular complexity index is 276. The molecule has 1 aromatic rings. The van der Waals surface area contributed by atoms with Gasteiger partial charge in [0.25, 0.3) is 0 Å². The van der Waals surface area contributed by atoms with Gasteiger partial charge in [-0.05, 0) is 36.5 Å². The van der Waals surface area contributed by atoms with E-state index in [2.05, 4.69) is 26.0 Å². The molecule has 0 aliphatic heterocycles. The van der Waals surface area contributed by atoms with E-state index in [0.717, 1.165) is 11.6 Å². The fourth-order valence-corrected chi connectivity index (χ4v) is 2.10. The summed E-state index contributed by atoms with van der Waals surface area (Å²) in [5, 5.41) is 0. The van der Waals surface area contributed by atoms with Crippen LogP contribution in [-0.2, 0) is 6.42 Å². The topological polar surface area (TPSA) is 26.0 Å². The average molecular weight is 219 g/mol. The first-order valence-electron chi connectivity index (χ1n) is 6.60. The number of unbranched alkanes of at least 4 members (excludes halogenated alkanes) is 1. The minimum atomic E-state index is 0.863. The van der Waals surface area contributed by atoms with Gasteiger partial charge in [-0.3, -0.25) is 0 Å². The monoisotopic (exact) mass is 219 g/mol. The smallest absolute Gasteiger partial charge is 0.0314 e. The summed E-state index contributed by atoms with van der Waals surface area (Å²) < 4.78 is 0. The molecule has 0 aliphatic carbocycles. The minimum absolute atomic E-state index is 0.863. The van der Waals surface area contributed by atoms with Gasteiger partial charge in [-0.2, -0.15) is 0 Å². The van der Waals surface area contributed by atoms with Crippen molar-refractivity contribution in [2.75, 3.05) is 5.73 Å². The Morgan fingerprint density at radius 2 is 1.75 bits per heavy atom. The van der Waals surface area contributed by atoms with Gasteiger partial charge in [-0.15, -0.1) is 0 Å². The lowest BCUT2D eigenvalue weighted by Gasteiger charge is -2.14. The van der Waals surface area contributed by atoms with E-state index >= 15 is 0 Å². The maximum Gasteiger partial charge on any atom is 0.0314 e. The van der Waals surface area contributed by atoms with Gasteiger partial charge < -0.3 is 5.73 Å². The summed E-state index contributed by atoms with van der Waals surface area (Å²) in [5.74, 6) is 0.900. The van der Waals surface area contributed by atoms with E-state index in [0.29, 0.717) is 0 Å². The molecule has 0 heterocycles. The maximum atomic E-state index is 5.67. The second-order valence-corrected chi connectivity index (χ2v) is 4.70. The van der Waals surface area contributed by atoms with Gasteiger partial charge in [0.1, 0.15) is 0 Å². The van der Waals surface area contributed by atoms with Crippen molar-refractivity contribution in [2.45, 2.75) is 52.4 Å². The summed E-state index contributed by atoms with van der Waals surface area (Å²) in [6.07, 6.45) is 7.92. The Kier molecular flexibility index (Phi) is 5.99. The fraction of sp³-hybridized carbons (Fsp3) is 0.600. The molecular weight excluding hydrogens is 194 g/mol. The van der Waals surface area contributed by atoms with Crippen LogP contribution in [-0.4, -0.2) is 0 Å². The molecule has 1 unspecified atom stereocenters. The SMILES string of the molecule is CCCCC(CC)CCc1ccc(N)cc1. The second-order valence-electron chi connectivity index (χ2n) is 4.70. The van der Waals surface area contributed by atoms with Gasteiger partial charge in [0.2, 0.25) is 0 Å². The van der Waals surface area contributed by atoms with E-state index < -0.39 is 0 Å². The van der Waals surface area contributed by atoms with Crippen LogP contribution in [0.5, 0.6) is 0 Å². The molecule has 0 spiro atoms. The highest BCUT2D eigenvalue weighted by Crippen LogP contribution is 2.19. The van der Waals surface area contributed by atoms with Gasteiger partial charge in [0.05, 0.1) is 0 Å². The normalized spacial score (nSPS) is 12.6. The quantitative estimate of drug-likeness (QED) is 0.675. The third-order valence-corrected chi connectivity index (χ3v) is 3.36. The third kappa shape index (κ3) is 4.69. The molecule has 1 rings (SSSR count). The van der Waals surface area contributed by atoms with Crippen LogP contribution in [0.25, 0.3) is 0 Å². The maximum absolute atomic E-state index is 5.67. The molecule has 1 atom stereocenters. The van der Waals surface area contributed by atoms with Crippen molar-refractivity contribution in [3.63, 3.8) is 0 Å². The number of rotatable bonds is 7. The molecule has 1 heteroatoms. The van der Waals surface area contributed by atoms with Crippen molar-refractivity contribution < 1.29 is 0 Å². The molecule has 2 N–H and O–H groups in total. The minimum Gasteiger partial charge on any atom is -0.399 e. The first kappa shape index (κ1) is 13.1. The zero-order chi connectivity index (χ0) is 11.8. The van der Waals surface area contributed by atoms with Crippen LogP contribution >= 0.6 is 0 Å². The van der Waals surface area contributed by atoms with Crippen LogP contribution in [0.4, 0.5) is 5.69 Å². The summed E-state index contributed by atoms with van der Waals surface area (Å²) in [6, 6.07) is 8.31. The van der Waals surface area contributed by atoms with Crippen LogP contribution in [0.3, 0.4) is 0 Å². The first-order valence-corrected chi connectivity index (χ1v) is 6.60. The number of nitrogen functional groups attached to an aromatic ring is 1. The van der Waals surface area contributed by atoms with Crippen LogP contribution in [0.2, 0.25) is 0 Å². The number of hydrogen-bond donors (Lipinski definition) is 1. The average Bonchev–Trinajstić information content (AvgIpc) is 2.32. The fourth-order valence-electron chi connectivity index (χ4n) is 2.10. The van der Waals surface area contributed by atoms with E-state index in [9.17, 15) is 0 Å². The van der Waals surface area contributed by atoms with E-state index in [-0.39, 0.29) is 0 Å². The Hall–Kier alpha value is -0.980. The molecule has 90 valence electrons. The summed E-state index contributed by atoms with van der Waals surface area (Å²) in [6.45, 7) is 4.58. The Morgan fingerprint density at radius 3 is 2.31 bits per heavy atom. The lowest BCUT2D eigenvalue weighted by atomic mass is 9.92. The standard InChI is InChI=1S/C15H25N/c1-3-5-6-13(4-2)7-8-14-9-11-15(16)12-10-14/h9-13H,3-8,16H2,1-2H3. The summed E-state index contributed by atoms with van der Waals surface area (Å²) in [4.78, 5) is 0. The molecule has 0 aliphatic rings. The first-order chi connectivity index (χ1) is 7.76. The van der Waals surface area contributed by atoms with Crippen LogP contribution < -0.4 is 5.73 Å². The highest BCUT2D eigenvalue weighted by molar-refractivity contribution is 5.39. The number of nitrogens with two attached hydrogens (primary N) is 1. The summed E-state index contributed by atoms with van der Waals surface area (Å²) >= 11 is 0. The third-order valence-electron chi connectivity index (χ3n) is 3.36. The molecule has 0 fully saturated rings. The molecule has 0 radical (unpaired) electrons. The van der Waals surface area contributed by atoms with Gasteiger partial charge in [0, 0.05) is 5.69 Å². The predicted molar refractivity (Wildman–Crippen MR) is 72.5 cm³/mol. The van der Waals surface area contributed by atoms with Crippen molar-refractivity contribution in [1.82, 2.24) is 0 Å². The lowest BCUT2D eigenvalue weighted by Crippen LogP contribution is -2.01. The number of anilines is 1. The van der Waals surface area contributed by atoms with Gasteiger partial charge >= 0.3 is 0 Å². The molecule has 1 aromatic carbocycles. The van der Waals surface area contributed by atoms with Crippen molar-refractivity contribution in [3.8, 4) is 0 Å². The summed E-state index contributed by atoms with van der Waals surface area (Å²) in [5.41, 5.74) is 7.96. The van der Waals surface area contributed by atoms with E-state index in [4.69, 9.17) is 5.73 Å². The van der Waals surface area contributed by atoms with Crippen LogP contribution in [0.15, 0.2) is 24.3 Å². The molecule has 0 amide bonds. The van der Waals surface area contributed by atoms with Gasteiger partial charge in [0.15, 0.2) is 0 Å². The van der Waals surface area contributed by atoms with Crippen LogP contribution in [0, 0.1) is 5.92 Å². The molecule has 1 nitrogen and oxygen atoms in total. The van der Waals surface area contributed by atoms with Crippen molar-refractivity contribution in [1.29, 1.82) is 0 Å². The van der Waals surface area contributed by atoms with Crippen molar-refractivity contribution in [3.05, 3.63) is 29.8 Å². The molecule has 16 heavy (non-hydrogen) atoms. The predicted octanol–water partition coefficient (Wildman–Crippen LogP) is 4.42.